The third-order valence-electron chi connectivity index (χ3n) is 4.74. The van der Waals surface area contributed by atoms with E-state index in [2.05, 4.69) is 4.98 Å². The smallest absolute Gasteiger partial charge is 0.263 e. The van der Waals surface area contributed by atoms with E-state index >= 15 is 0 Å². The van der Waals surface area contributed by atoms with E-state index in [1.807, 2.05) is 20.8 Å². The van der Waals surface area contributed by atoms with Crippen LogP contribution >= 0.6 is 23.1 Å². The summed E-state index contributed by atoms with van der Waals surface area (Å²) in [5.41, 5.74) is 0.947. The van der Waals surface area contributed by atoms with Crippen LogP contribution in [0.2, 0.25) is 0 Å². The first-order chi connectivity index (χ1) is 14.3. The van der Waals surface area contributed by atoms with Gasteiger partial charge in [0, 0.05) is 30.7 Å². The molecule has 0 aliphatic carbocycles. The van der Waals surface area contributed by atoms with E-state index < -0.39 is 0 Å². The summed E-state index contributed by atoms with van der Waals surface area (Å²) in [4.78, 5) is 32.1. The fraction of sp³-hybridized carbons (Fsp3) is 0.381. The molecular weight excluding hydrogens is 424 g/mol. The highest BCUT2D eigenvalue weighted by molar-refractivity contribution is 7.99. The zero-order valence-electron chi connectivity index (χ0n) is 17.1. The summed E-state index contributed by atoms with van der Waals surface area (Å²) >= 11 is 2.63. The van der Waals surface area contributed by atoms with Crippen molar-refractivity contribution in [2.75, 3.05) is 19.0 Å². The molecule has 1 aromatic carbocycles. The second kappa shape index (κ2) is 9.63. The van der Waals surface area contributed by atoms with Crippen LogP contribution in [0.3, 0.4) is 0 Å². The van der Waals surface area contributed by atoms with Crippen molar-refractivity contribution >= 4 is 39.1 Å². The van der Waals surface area contributed by atoms with Crippen LogP contribution < -0.4 is 5.56 Å². The molecule has 0 atom stereocenters. The first-order valence-corrected chi connectivity index (χ1v) is 11.4. The van der Waals surface area contributed by atoms with Crippen molar-refractivity contribution in [2.24, 2.45) is 0 Å². The molecule has 0 radical (unpaired) electrons. The molecule has 30 heavy (non-hydrogen) atoms. The highest BCUT2D eigenvalue weighted by Gasteiger charge is 2.19. The Bertz CT molecular complexity index is 1140. The number of Topliss-reactive ketones (excluding diaryl/α,β-unsaturated/α-hetero) is 1. The van der Waals surface area contributed by atoms with E-state index in [1.54, 1.807) is 4.57 Å². The van der Waals surface area contributed by atoms with Gasteiger partial charge in [0.25, 0.3) is 5.56 Å². The Labute approximate surface area is 182 Å². The number of ketones is 1. The Morgan fingerprint density at radius 1 is 1.30 bits per heavy atom. The average molecular weight is 449 g/mol. The molecule has 0 amide bonds. The van der Waals surface area contributed by atoms with E-state index in [0.717, 1.165) is 16.5 Å². The van der Waals surface area contributed by atoms with E-state index in [4.69, 9.17) is 4.74 Å². The van der Waals surface area contributed by atoms with Crippen molar-refractivity contribution in [3.05, 3.63) is 44.6 Å². The van der Waals surface area contributed by atoms with Gasteiger partial charge in [-0.1, -0.05) is 11.8 Å². The first-order valence-electron chi connectivity index (χ1n) is 9.59. The Kier molecular flexibility index (Phi) is 7.17. The molecule has 0 bridgehead atoms. The molecular formula is C21H24N2O5S2. The summed E-state index contributed by atoms with van der Waals surface area (Å²) in [6, 6.07) is 3.86. The summed E-state index contributed by atoms with van der Waals surface area (Å²) in [6.07, 6.45) is 0.656. The van der Waals surface area contributed by atoms with E-state index in [0.29, 0.717) is 41.6 Å². The largest absolute Gasteiger partial charge is 0.508 e. The number of ether oxygens (including phenoxy) is 1. The standard InChI is InChI=1S/C21H24N2O5S2/c1-4-28-9-5-8-23-20(27)18-12(2)13(3)30-19(18)22-21(23)29-11-17(26)15-7-6-14(24)10-16(15)25/h6-7,10,24-25H,4-5,8-9,11H2,1-3H3. The molecule has 9 heteroatoms. The van der Waals surface area contributed by atoms with Gasteiger partial charge in [0.15, 0.2) is 10.9 Å². The number of thiophene rings is 1. The first kappa shape index (κ1) is 22.3. The number of rotatable bonds is 9. The second-order valence-electron chi connectivity index (χ2n) is 6.78. The number of phenols is 2. The second-order valence-corrected chi connectivity index (χ2v) is 8.92. The quantitative estimate of drug-likeness (QED) is 0.222. The highest BCUT2D eigenvalue weighted by atomic mass is 32.2. The van der Waals surface area contributed by atoms with Crippen LogP contribution in [0.25, 0.3) is 10.2 Å². The van der Waals surface area contributed by atoms with Gasteiger partial charge in [-0.25, -0.2) is 4.98 Å². The maximum absolute atomic E-state index is 13.2. The predicted molar refractivity (Wildman–Crippen MR) is 119 cm³/mol. The molecule has 3 aromatic rings. The maximum Gasteiger partial charge on any atom is 0.263 e. The fourth-order valence-electron chi connectivity index (χ4n) is 3.05. The summed E-state index contributed by atoms with van der Waals surface area (Å²) in [5.74, 6) is -0.699. The number of benzene rings is 1. The number of fused-ring (bicyclic) bond motifs is 1. The lowest BCUT2D eigenvalue weighted by atomic mass is 10.1. The molecule has 3 rings (SSSR count). The molecule has 0 aliphatic rings. The van der Waals surface area contributed by atoms with Crippen LogP contribution in [0, 0.1) is 13.8 Å². The minimum atomic E-state index is -0.314. The third kappa shape index (κ3) is 4.69. The van der Waals surface area contributed by atoms with E-state index in [1.165, 1.54) is 35.2 Å². The number of hydrogen-bond donors (Lipinski definition) is 2. The Morgan fingerprint density at radius 2 is 2.07 bits per heavy atom. The SMILES string of the molecule is CCOCCCn1c(SCC(=O)c2ccc(O)cc2O)nc2sc(C)c(C)c2c1=O. The minimum absolute atomic E-state index is 0.00504. The van der Waals surface area contributed by atoms with Crippen molar-refractivity contribution < 1.29 is 19.7 Å². The minimum Gasteiger partial charge on any atom is -0.508 e. The lowest BCUT2D eigenvalue weighted by Crippen LogP contribution is -2.24. The number of phenolic OH excluding ortho intramolecular Hbond substituents is 2. The summed E-state index contributed by atoms with van der Waals surface area (Å²) in [6.45, 7) is 7.39. The van der Waals surface area contributed by atoms with Gasteiger partial charge in [-0.3, -0.25) is 14.2 Å². The Balaban J connectivity index is 1.90. The van der Waals surface area contributed by atoms with Crippen LogP contribution in [0.4, 0.5) is 0 Å². The van der Waals surface area contributed by atoms with Crippen molar-refractivity contribution in [1.29, 1.82) is 0 Å². The zero-order chi connectivity index (χ0) is 21.8. The summed E-state index contributed by atoms with van der Waals surface area (Å²) in [7, 11) is 0. The van der Waals surface area contributed by atoms with Crippen molar-refractivity contribution in [3.8, 4) is 11.5 Å². The van der Waals surface area contributed by atoms with Gasteiger partial charge in [-0.05, 0) is 44.9 Å². The van der Waals surface area contributed by atoms with Crippen molar-refractivity contribution in [3.63, 3.8) is 0 Å². The lowest BCUT2D eigenvalue weighted by molar-refractivity contribution is 0.102. The molecule has 0 aliphatic heterocycles. The molecule has 160 valence electrons. The molecule has 0 saturated carbocycles. The average Bonchev–Trinajstić information content (AvgIpc) is 2.98. The van der Waals surface area contributed by atoms with Crippen LogP contribution in [0.1, 0.15) is 34.1 Å². The van der Waals surface area contributed by atoms with Crippen molar-refractivity contribution in [2.45, 2.75) is 38.9 Å². The number of carbonyl (C=O) groups excluding carboxylic acids is 1. The summed E-state index contributed by atoms with van der Waals surface area (Å²) in [5, 5.41) is 20.4. The highest BCUT2D eigenvalue weighted by Crippen LogP contribution is 2.29. The number of hydrogen-bond acceptors (Lipinski definition) is 8. The fourth-order valence-corrected chi connectivity index (χ4v) is 5.03. The van der Waals surface area contributed by atoms with Crippen molar-refractivity contribution in [1.82, 2.24) is 9.55 Å². The molecule has 2 N–H and O–H groups in total. The number of nitrogens with zero attached hydrogens (tertiary/aromatic N) is 2. The van der Waals surface area contributed by atoms with Crippen LogP contribution in [-0.4, -0.2) is 44.5 Å². The Hall–Kier alpha value is -2.36. The van der Waals surface area contributed by atoms with Gasteiger partial charge in [-0.15, -0.1) is 11.3 Å². The monoisotopic (exact) mass is 448 g/mol. The molecule has 0 saturated heterocycles. The van der Waals surface area contributed by atoms with Gasteiger partial charge >= 0.3 is 0 Å². The van der Waals surface area contributed by atoms with Crippen LogP contribution in [-0.2, 0) is 11.3 Å². The summed E-state index contributed by atoms with van der Waals surface area (Å²) < 4.78 is 6.99. The molecule has 0 spiro atoms. The van der Waals surface area contributed by atoms with E-state index in [-0.39, 0.29) is 34.2 Å². The molecule has 0 fully saturated rings. The van der Waals surface area contributed by atoms with Crippen LogP contribution in [0.5, 0.6) is 11.5 Å². The third-order valence-corrected chi connectivity index (χ3v) is 6.82. The van der Waals surface area contributed by atoms with Gasteiger partial charge in [-0.2, -0.15) is 0 Å². The lowest BCUT2D eigenvalue weighted by Gasteiger charge is -2.12. The molecule has 0 unspecified atom stereocenters. The number of thioether (sulfide) groups is 1. The number of aromatic nitrogens is 2. The number of carbonyl (C=O) groups is 1. The van der Waals surface area contributed by atoms with Gasteiger partial charge in [0.2, 0.25) is 0 Å². The Morgan fingerprint density at radius 3 is 2.77 bits per heavy atom. The van der Waals surface area contributed by atoms with Gasteiger partial charge in [0.05, 0.1) is 16.7 Å². The molecule has 2 heterocycles. The predicted octanol–water partition coefficient (Wildman–Crippen LogP) is 3.89. The molecule has 2 aromatic heterocycles. The van der Waals surface area contributed by atoms with Gasteiger partial charge < -0.3 is 14.9 Å². The maximum atomic E-state index is 13.2. The van der Waals surface area contributed by atoms with Crippen LogP contribution in [0.15, 0.2) is 28.2 Å². The van der Waals surface area contributed by atoms with Gasteiger partial charge in [0.1, 0.15) is 16.3 Å². The number of aryl methyl sites for hydroxylation is 2. The molecule has 7 nitrogen and oxygen atoms in total. The zero-order valence-corrected chi connectivity index (χ0v) is 18.7. The topological polar surface area (TPSA) is 102 Å². The normalized spacial score (nSPS) is 11.3. The number of aromatic hydroxyl groups is 2. The van der Waals surface area contributed by atoms with E-state index in [9.17, 15) is 19.8 Å².